The van der Waals surface area contributed by atoms with E-state index in [9.17, 15) is 4.79 Å². The molecule has 98 valence electrons. The number of nitrogens with one attached hydrogen (secondary N) is 1. The lowest BCUT2D eigenvalue weighted by Gasteiger charge is -2.14. The number of carbonyl (C=O) groups excluding carboxylic acids is 1. The second-order valence-electron chi connectivity index (χ2n) is 3.50. The maximum absolute atomic E-state index is 11.7. The van der Waals surface area contributed by atoms with Crippen molar-refractivity contribution in [3.05, 3.63) is 35.9 Å². The van der Waals surface area contributed by atoms with Gasteiger partial charge in [-0.05, 0) is 18.6 Å². The minimum Gasteiger partial charge on any atom is -0.493 e. The molecule has 0 spiro atoms. The minimum absolute atomic E-state index is 0.344. The first-order valence-corrected chi connectivity index (χ1v) is 5.37. The molecule has 0 aliphatic heterocycles. The highest BCUT2D eigenvalue weighted by atomic mass is 16.6. The van der Waals surface area contributed by atoms with E-state index in [0.29, 0.717) is 23.5 Å². The molecular formula is C13H17NO4. The second kappa shape index (κ2) is 6.66. The van der Waals surface area contributed by atoms with Crippen molar-refractivity contribution in [2.75, 3.05) is 21.3 Å². The van der Waals surface area contributed by atoms with Gasteiger partial charge in [-0.25, -0.2) is 5.48 Å². The molecule has 0 heterocycles. The molecule has 0 saturated heterocycles. The molecule has 5 heteroatoms. The van der Waals surface area contributed by atoms with Crippen LogP contribution in [0.3, 0.4) is 0 Å². The summed E-state index contributed by atoms with van der Waals surface area (Å²) in [6.45, 7) is 3.68. The van der Waals surface area contributed by atoms with E-state index in [2.05, 4.69) is 16.9 Å². The molecular weight excluding hydrogens is 234 g/mol. The number of methoxy groups -OCH3 is 2. The van der Waals surface area contributed by atoms with Crippen molar-refractivity contribution >= 4 is 5.91 Å². The number of hydrogen-bond donors (Lipinski definition) is 1. The first kappa shape index (κ1) is 14.1. The summed E-state index contributed by atoms with van der Waals surface area (Å²) >= 11 is 0. The average molecular weight is 251 g/mol. The van der Waals surface area contributed by atoms with Crippen LogP contribution in [0, 0.1) is 0 Å². The summed E-state index contributed by atoms with van der Waals surface area (Å²) < 4.78 is 10.5. The molecule has 0 unspecified atom stereocenters. The van der Waals surface area contributed by atoms with E-state index >= 15 is 0 Å². The number of hydrogen-bond acceptors (Lipinski definition) is 4. The molecule has 0 bridgehead atoms. The smallest absolute Gasteiger partial charge is 0.274 e. The van der Waals surface area contributed by atoms with Crippen molar-refractivity contribution in [1.82, 2.24) is 5.48 Å². The van der Waals surface area contributed by atoms with E-state index in [0.717, 1.165) is 5.56 Å². The van der Waals surface area contributed by atoms with Crippen LogP contribution in [-0.4, -0.2) is 27.2 Å². The minimum atomic E-state index is -0.344. The van der Waals surface area contributed by atoms with Gasteiger partial charge in [0, 0.05) is 11.1 Å². The molecule has 1 aromatic rings. The van der Waals surface area contributed by atoms with Crippen molar-refractivity contribution < 1.29 is 19.1 Å². The van der Waals surface area contributed by atoms with Crippen LogP contribution in [0.5, 0.6) is 11.5 Å². The Morgan fingerprint density at radius 3 is 2.56 bits per heavy atom. The van der Waals surface area contributed by atoms with E-state index < -0.39 is 0 Å². The van der Waals surface area contributed by atoms with Gasteiger partial charge < -0.3 is 9.47 Å². The lowest BCUT2D eigenvalue weighted by atomic mass is 10.1. The van der Waals surface area contributed by atoms with E-state index in [1.807, 2.05) is 0 Å². The van der Waals surface area contributed by atoms with E-state index in [4.69, 9.17) is 9.47 Å². The predicted molar refractivity (Wildman–Crippen MR) is 67.9 cm³/mol. The fourth-order valence-electron chi connectivity index (χ4n) is 1.63. The van der Waals surface area contributed by atoms with Crippen LogP contribution < -0.4 is 15.0 Å². The normalized spacial score (nSPS) is 9.72. The Morgan fingerprint density at radius 2 is 2.06 bits per heavy atom. The van der Waals surface area contributed by atoms with E-state index in [1.165, 1.54) is 14.2 Å². The van der Waals surface area contributed by atoms with Crippen LogP contribution in [0.25, 0.3) is 0 Å². The van der Waals surface area contributed by atoms with Gasteiger partial charge in [-0.3, -0.25) is 9.63 Å². The number of hydroxylamine groups is 1. The highest BCUT2D eigenvalue weighted by Gasteiger charge is 2.15. The standard InChI is InChI=1S/C13H17NO4/c1-5-6-9-7-10(13(15)14-18-4)8-11(16-2)12(9)17-3/h5,7-8H,1,6H2,2-4H3,(H,14,15). The Bertz CT molecular complexity index is 443. The van der Waals surface area contributed by atoms with Crippen molar-refractivity contribution in [2.45, 2.75) is 6.42 Å². The molecule has 18 heavy (non-hydrogen) atoms. The Morgan fingerprint density at radius 1 is 1.33 bits per heavy atom. The third-order valence-electron chi connectivity index (χ3n) is 2.38. The Balaban J connectivity index is 3.26. The molecule has 5 nitrogen and oxygen atoms in total. The molecule has 0 aliphatic rings. The highest BCUT2D eigenvalue weighted by molar-refractivity contribution is 5.94. The third-order valence-corrected chi connectivity index (χ3v) is 2.38. The van der Waals surface area contributed by atoms with Gasteiger partial charge in [-0.1, -0.05) is 6.08 Å². The quantitative estimate of drug-likeness (QED) is 0.618. The topological polar surface area (TPSA) is 56.8 Å². The van der Waals surface area contributed by atoms with Crippen molar-refractivity contribution in [3.8, 4) is 11.5 Å². The fraction of sp³-hybridized carbons (Fsp3) is 0.308. The lowest BCUT2D eigenvalue weighted by Crippen LogP contribution is -2.22. The summed E-state index contributed by atoms with van der Waals surface area (Å²) in [4.78, 5) is 16.3. The van der Waals surface area contributed by atoms with Gasteiger partial charge in [-0.2, -0.15) is 0 Å². The van der Waals surface area contributed by atoms with Crippen LogP contribution in [0.2, 0.25) is 0 Å². The average Bonchev–Trinajstić information content (AvgIpc) is 2.38. The van der Waals surface area contributed by atoms with Gasteiger partial charge in [0.2, 0.25) is 0 Å². The maximum Gasteiger partial charge on any atom is 0.274 e. The number of allylic oxidation sites excluding steroid dienone is 1. The zero-order valence-corrected chi connectivity index (χ0v) is 10.8. The van der Waals surface area contributed by atoms with Crippen molar-refractivity contribution in [1.29, 1.82) is 0 Å². The predicted octanol–water partition coefficient (Wildman–Crippen LogP) is 1.72. The number of benzene rings is 1. The number of rotatable bonds is 6. The molecule has 0 saturated carbocycles. The summed E-state index contributed by atoms with van der Waals surface area (Å²) in [5.41, 5.74) is 3.52. The summed E-state index contributed by atoms with van der Waals surface area (Å²) in [6.07, 6.45) is 2.31. The number of carbonyl (C=O) groups is 1. The van der Waals surface area contributed by atoms with Crippen LogP contribution >= 0.6 is 0 Å². The number of ether oxygens (including phenoxy) is 2. The first-order chi connectivity index (χ1) is 8.67. The van der Waals surface area contributed by atoms with Gasteiger partial charge in [0.25, 0.3) is 5.91 Å². The highest BCUT2D eigenvalue weighted by Crippen LogP contribution is 2.33. The molecule has 0 atom stereocenters. The molecule has 0 aromatic heterocycles. The van der Waals surface area contributed by atoms with Crippen LogP contribution in [0.4, 0.5) is 0 Å². The Kier molecular flexibility index (Phi) is 5.20. The Labute approximate surface area is 106 Å². The summed E-state index contributed by atoms with van der Waals surface area (Å²) in [5.74, 6) is 0.758. The first-order valence-electron chi connectivity index (χ1n) is 5.37. The van der Waals surface area contributed by atoms with Gasteiger partial charge in [0.15, 0.2) is 11.5 Å². The van der Waals surface area contributed by atoms with Crippen molar-refractivity contribution in [3.63, 3.8) is 0 Å². The monoisotopic (exact) mass is 251 g/mol. The fourth-order valence-corrected chi connectivity index (χ4v) is 1.63. The van der Waals surface area contributed by atoms with E-state index in [-0.39, 0.29) is 5.91 Å². The SMILES string of the molecule is C=CCc1cc(C(=O)NOC)cc(OC)c1OC. The van der Waals surface area contributed by atoms with Crippen LogP contribution in [0.1, 0.15) is 15.9 Å². The summed E-state index contributed by atoms with van der Waals surface area (Å²) in [7, 11) is 4.45. The Hall–Kier alpha value is -2.01. The summed E-state index contributed by atoms with van der Waals surface area (Å²) in [6, 6.07) is 3.32. The molecule has 1 rings (SSSR count). The van der Waals surface area contributed by atoms with Gasteiger partial charge >= 0.3 is 0 Å². The molecule has 0 aliphatic carbocycles. The second-order valence-corrected chi connectivity index (χ2v) is 3.50. The van der Waals surface area contributed by atoms with E-state index in [1.54, 1.807) is 25.3 Å². The van der Waals surface area contributed by atoms with Gasteiger partial charge in [0.05, 0.1) is 21.3 Å². The zero-order chi connectivity index (χ0) is 13.5. The van der Waals surface area contributed by atoms with Gasteiger partial charge in [-0.15, -0.1) is 6.58 Å². The molecule has 0 fully saturated rings. The lowest BCUT2D eigenvalue weighted by molar-refractivity contribution is 0.0537. The largest absolute Gasteiger partial charge is 0.493 e. The summed E-state index contributed by atoms with van der Waals surface area (Å²) in [5, 5.41) is 0. The third kappa shape index (κ3) is 3.01. The van der Waals surface area contributed by atoms with Gasteiger partial charge in [0.1, 0.15) is 0 Å². The van der Waals surface area contributed by atoms with Crippen molar-refractivity contribution in [2.24, 2.45) is 0 Å². The number of amides is 1. The maximum atomic E-state index is 11.7. The molecule has 1 N–H and O–H groups in total. The molecule has 1 aromatic carbocycles. The van der Waals surface area contributed by atoms with Crippen LogP contribution in [-0.2, 0) is 11.3 Å². The zero-order valence-electron chi connectivity index (χ0n) is 10.8. The molecule has 0 radical (unpaired) electrons. The van der Waals surface area contributed by atoms with Crippen LogP contribution in [0.15, 0.2) is 24.8 Å². The molecule has 1 amide bonds.